The van der Waals surface area contributed by atoms with Crippen LogP contribution in [0.1, 0.15) is 26.2 Å². The summed E-state index contributed by atoms with van der Waals surface area (Å²) in [5, 5.41) is 0. The summed E-state index contributed by atoms with van der Waals surface area (Å²) in [4.78, 5) is 17.4. The maximum atomic E-state index is 11.0. The minimum Gasteiger partial charge on any atom is -0.469 e. The maximum Gasteiger partial charge on any atom is 0.305 e. The number of carbonyl (C=O) groups is 1. The second kappa shape index (κ2) is 7.48. The van der Waals surface area contributed by atoms with Crippen molar-refractivity contribution in [3.63, 3.8) is 0 Å². The number of rotatable bonds is 7. The number of unbranched alkanes of at least 4 members (excludes halogenated alkanes) is 1. The van der Waals surface area contributed by atoms with Crippen molar-refractivity contribution >= 4 is 11.8 Å². The Balaban J connectivity index is 2.45. The Kier molecular flexibility index (Phi) is 5.91. The highest BCUT2D eigenvalue weighted by molar-refractivity contribution is 5.69. The Morgan fingerprint density at radius 2 is 2.22 bits per heavy atom. The van der Waals surface area contributed by atoms with Crippen LogP contribution in [0, 0.1) is 0 Å². The highest BCUT2D eigenvalue weighted by atomic mass is 16.5. The highest BCUT2D eigenvalue weighted by Crippen LogP contribution is 2.15. The first-order valence-corrected chi connectivity index (χ1v) is 6.06. The van der Waals surface area contributed by atoms with Crippen LogP contribution in [0.25, 0.3) is 0 Å². The van der Waals surface area contributed by atoms with Gasteiger partial charge in [-0.3, -0.25) is 4.79 Å². The fourth-order valence-electron chi connectivity index (χ4n) is 1.66. The first-order valence-electron chi connectivity index (χ1n) is 6.06. The van der Waals surface area contributed by atoms with Gasteiger partial charge >= 0.3 is 5.97 Å². The van der Waals surface area contributed by atoms with Crippen molar-refractivity contribution in [2.75, 3.05) is 18.6 Å². The zero-order chi connectivity index (χ0) is 13.4. The minimum atomic E-state index is -0.158. The topological polar surface area (TPSA) is 42.4 Å². The molecule has 0 atom stereocenters. The number of hydrogen-bond donors (Lipinski definition) is 0. The summed E-state index contributed by atoms with van der Waals surface area (Å²) in [5.74, 6) is 0.734. The Labute approximate surface area is 108 Å². The molecule has 0 saturated carbocycles. The van der Waals surface area contributed by atoms with Crippen LogP contribution in [0.2, 0.25) is 0 Å². The quantitative estimate of drug-likeness (QED) is 0.549. The Morgan fingerprint density at radius 1 is 1.44 bits per heavy atom. The molecule has 0 saturated heterocycles. The molecule has 0 aliphatic rings. The van der Waals surface area contributed by atoms with E-state index < -0.39 is 0 Å². The number of anilines is 1. The molecule has 0 amide bonds. The Hall–Kier alpha value is -1.84. The van der Waals surface area contributed by atoms with Gasteiger partial charge in [-0.15, -0.1) is 0 Å². The largest absolute Gasteiger partial charge is 0.469 e. The first kappa shape index (κ1) is 14.2. The third-order valence-corrected chi connectivity index (χ3v) is 2.63. The van der Waals surface area contributed by atoms with E-state index in [0.717, 1.165) is 30.9 Å². The molecule has 0 aliphatic carbocycles. The van der Waals surface area contributed by atoms with Gasteiger partial charge in [0.1, 0.15) is 5.82 Å². The van der Waals surface area contributed by atoms with Gasteiger partial charge in [-0.05, 0) is 31.9 Å². The van der Waals surface area contributed by atoms with Crippen molar-refractivity contribution in [3.8, 4) is 0 Å². The molecule has 0 aliphatic heterocycles. The van der Waals surface area contributed by atoms with Gasteiger partial charge in [-0.1, -0.05) is 12.6 Å². The molecule has 1 aromatic heterocycles. The average molecular weight is 248 g/mol. The van der Waals surface area contributed by atoms with E-state index in [1.807, 2.05) is 25.1 Å². The van der Waals surface area contributed by atoms with E-state index in [1.54, 1.807) is 6.20 Å². The zero-order valence-corrected chi connectivity index (χ0v) is 11.1. The number of carbonyl (C=O) groups excluding carboxylic acids is 1. The normalized spacial score (nSPS) is 9.89. The maximum absolute atomic E-state index is 11.0. The molecular weight excluding hydrogens is 228 g/mol. The lowest BCUT2D eigenvalue weighted by Crippen LogP contribution is -2.22. The summed E-state index contributed by atoms with van der Waals surface area (Å²) in [7, 11) is 1.41. The van der Waals surface area contributed by atoms with Crippen LogP contribution in [0.3, 0.4) is 0 Å². The first-order chi connectivity index (χ1) is 8.65. The number of pyridine rings is 1. The molecule has 0 radical (unpaired) electrons. The van der Waals surface area contributed by atoms with E-state index in [4.69, 9.17) is 0 Å². The molecule has 1 heterocycles. The molecule has 0 unspecified atom stereocenters. The van der Waals surface area contributed by atoms with Gasteiger partial charge in [0.2, 0.25) is 0 Å². The summed E-state index contributed by atoms with van der Waals surface area (Å²) in [6.07, 6.45) is 3.93. The van der Waals surface area contributed by atoms with Crippen molar-refractivity contribution < 1.29 is 9.53 Å². The number of ether oxygens (including phenoxy) is 1. The van der Waals surface area contributed by atoms with Gasteiger partial charge in [0, 0.05) is 24.9 Å². The van der Waals surface area contributed by atoms with Crippen LogP contribution < -0.4 is 4.90 Å². The number of allylic oxidation sites excluding steroid dienone is 1. The fraction of sp³-hybridized carbons (Fsp3) is 0.429. The van der Waals surface area contributed by atoms with E-state index in [1.165, 1.54) is 7.11 Å². The van der Waals surface area contributed by atoms with Crippen LogP contribution in [-0.4, -0.2) is 24.6 Å². The van der Waals surface area contributed by atoms with E-state index in [2.05, 4.69) is 21.2 Å². The van der Waals surface area contributed by atoms with Gasteiger partial charge in [0.05, 0.1) is 7.11 Å². The molecule has 4 nitrogen and oxygen atoms in total. The van der Waals surface area contributed by atoms with Gasteiger partial charge in [-0.2, -0.15) is 0 Å². The summed E-state index contributed by atoms with van der Waals surface area (Å²) < 4.78 is 4.61. The zero-order valence-electron chi connectivity index (χ0n) is 11.1. The highest BCUT2D eigenvalue weighted by Gasteiger charge is 2.08. The van der Waals surface area contributed by atoms with Crippen LogP contribution >= 0.6 is 0 Å². The summed E-state index contributed by atoms with van der Waals surface area (Å²) >= 11 is 0. The number of esters is 1. The van der Waals surface area contributed by atoms with E-state index in [0.29, 0.717) is 6.42 Å². The van der Waals surface area contributed by atoms with Gasteiger partial charge in [0.15, 0.2) is 0 Å². The van der Waals surface area contributed by atoms with Crippen LogP contribution in [-0.2, 0) is 9.53 Å². The molecule has 0 bridgehead atoms. The summed E-state index contributed by atoms with van der Waals surface area (Å²) in [5.41, 5.74) is 0.951. The van der Waals surface area contributed by atoms with Gasteiger partial charge in [-0.25, -0.2) is 4.98 Å². The predicted molar refractivity (Wildman–Crippen MR) is 72.3 cm³/mol. The standard InChI is InChI=1S/C14H20N2O2/c1-12(2)16(13-8-4-6-10-15-13)11-7-5-9-14(17)18-3/h4,6,8,10H,1,5,7,9,11H2,2-3H3. The van der Waals surface area contributed by atoms with Gasteiger partial charge < -0.3 is 9.64 Å². The van der Waals surface area contributed by atoms with Gasteiger partial charge in [0.25, 0.3) is 0 Å². The number of methoxy groups -OCH3 is 1. The minimum absolute atomic E-state index is 0.158. The Morgan fingerprint density at radius 3 is 2.78 bits per heavy atom. The third-order valence-electron chi connectivity index (χ3n) is 2.63. The third kappa shape index (κ3) is 4.57. The molecule has 0 N–H and O–H groups in total. The van der Waals surface area contributed by atoms with Crippen molar-refractivity contribution in [1.82, 2.24) is 4.98 Å². The smallest absolute Gasteiger partial charge is 0.305 e. The lowest BCUT2D eigenvalue weighted by molar-refractivity contribution is -0.140. The molecule has 0 aromatic carbocycles. The lowest BCUT2D eigenvalue weighted by atomic mass is 10.2. The molecule has 1 aromatic rings. The molecule has 4 heteroatoms. The number of hydrogen-bond acceptors (Lipinski definition) is 4. The molecular formula is C14H20N2O2. The molecule has 1 rings (SSSR count). The second-order valence-corrected chi connectivity index (χ2v) is 4.11. The number of nitrogens with zero attached hydrogens (tertiary/aromatic N) is 2. The SMILES string of the molecule is C=C(C)N(CCCCC(=O)OC)c1ccccn1. The predicted octanol–water partition coefficient (Wildman–Crippen LogP) is 2.76. The number of aromatic nitrogens is 1. The van der Waals surface area contributed by atoms with Crippen LogP contribution in [0.4, 0.5) is 5.82 Å². The molecule has 18 heavy (non-hydrogen) atoms. The average Bonchev–Trinajstić information content (AvgIpc) is 2.38. The van der Waals surface area contributed by atoms with Crippen molar-refractivity contribution in [2.45, 2.75) is 26.2 Å². The fourth-order valence-corrected chi connectivity index (χ4v) is 1.66. The van der Waals surface area contributed by atoms with Crippen LogP contribution in [0.5, 0.6) is 0 Å². The van der Waals surface area contributed by atoms with E-state index >= 15 is 0 Å². The Bertz CT molecular complexity index is 390. The van der Waals surface area contributed by atoms with Crippen LogP contribution in [0.15, 0.2) is 36.7 Å². The molecule has 98 valence electrons. The summed E-state index contributed by atoms with van der Waals surface area (Å²) in [6.45, 7) is 6.72. The lowest BCUT2D eigenvalue weighted by Gasteiger charge is -2.23. The van der Waals surface area contributed by atoms with E-state index in [-0.39, 0.29) is 5.97 Å². The molecule has 0 spiro atoms. The van der Waals surface area contributed by atoms with Crippen molar-refractivity contribution in [2.24, 2.45) is 0 Å². The van der Waals surface area contributed by atoms with E-state index in [9.17, 15) is 4.79 Å². The summed E-state index contributed by atoms with van der Waals surface area (Å²) in [6, 6.07) is 5.79. The monoisotopic (exact) mass is 248 g/mol. The van der Waals surface area contributed by atoms with Crippen molar-refractivity contribution in [1.29, 1.82) is 0 Å². The molecule has 0 fully saturated rings. The van der Waals surface area contributed by atoms with Crippen molar-refractivity contribution in [3.05, 3.63) is 36.7 Å². The second-order valence-electron chi connectivity index (χ2n) is 4.11.